The standard InChI is InChI=1S/C14H12N2O4/c1-9-13(12(8-18)11(7-17)6-16-9)20-14(19)10-3-2-4-15-5-10/h2-6,8,17H,7H2,1H3. The van der Waals surface area contributed by atoms with E-state index in [1.54, 1.807) is 19.1 Å². The summed E-state index contributed by atoms with van der Waals surface area (Å²) in [6, 6.07) is 3.15. The van der Waals surface area contributed by atoms with Crippen molar-refractivity contribution in [2.24, 2.45) is 0 Å². The lowest BCUT2D eigenvalue weighted by molar-refractivity contribution is 0.0730. The number of pyridine rings is 2. The molecule has 0 saturated carbocycles. The van der Waals surface area contributed by atoms with Gasteiger partial charge in [0.05, 0.1) is 23.4 Å². The molecule has 0 saturated heterocycles. The van der Waals surface area contributed by atoms with Crippen LogP contribution in [0.4, 0.5) is 0 Å². The van der Waals surface area contributed by atoms with Crippen LogP contribution < -0.4 is 4.74 Å². The highest BCUT2D eigenvalue weighted by atomic mass is 16.5. The van der Waals surface area contributed by atoms with E-state index in [2.05, 4.69) is 9.97 Å². The Hall–Kier alpha value is -2.60. The number of carbonyl (C=O) groups excluding carboxylic acids is 2. The molecule has 6 heteroatoms. The first-order valence-electron chi connectivity index (χ1n) is 5.84. The van der Waals surface area contributed by atoms with Crippen molar-refractivity contribution in [2.45, 2.75) is 13.5 Å². The second-order valence-corrected chi connectivity index (χ2v) is 4.02. The maximum atomic E-state index is 12.0. The molecular weight excluding hydrogens is 260 g/mol. The number of hydrogen-bond acceptors (Lipinski definition) is 6. The Morgan fingerprint density at radius 3 is 2.85 bits per heavy atom. The van der Waals surface area contributed by atoms with Crippen LogP contribution in [-0.2, 0) is 6.61 Å². The molecule has 1 N–H and O–H groups in total. The fourth-order valence-electron chi connectivity index (χ4n) is 1.66. The van der Waals surface area contributed by atoms with Crippen LogP contribution in [0, 0.1) is 6.92 Å². The minimum atomic E-state index is -0.638. The first-order chi connectivity index (χ1) is 9.67. The third-order valence-corrected chi connectivity index (χ3v) is 2.71. The number of ether oxygens (including phenoxy) is 1. The van der Waals surface area contributed by atoms with Gasteiger partial charge in [-0.05, 0) is 19.1 Å². The summed E-state index contributed by atoms with van der Waals surface area (Å²) in [5.41, 5.74) is 1.08. The first kappa shape index (κ1) is 13.8. The average Bonchev–Trinajstić information content (AvgIpc) is 2.49. The van der Waals surface area contributed by atoms with Crippen LogP contribution in [-0.4, -0.2) is 27.3 Å². The van der Waals surface area contributed by atoms with E-state index in [9.17, 15) is 9.59 Å². The Bertz CT molecular complexity index is 641. The molecule has 2 aromatic rings. The number of aryl methyl sites for hydroxylation is 1. The van der Waals surface area contributed by atoms with E-state index >= 15 is 0 Å². The van der Waals surface area contributed by atoms with Gasteiger partial charge in [0, 0.05) is 24.2 Å². The van der Waals surface area contributed by atoms with Crippen molar-refractivity contribution in [3.05, 3.63) is 53.1 Å². The van der Waals surface area contributed by atoms with Crippen molar-refractivity contribution in [3.63, 3.8) is 0 Å². The third-order valence-electron chi connectivity index (χ3n) is 2.71. The highest BCUT2D eigenvalue weighted by Gasteiger charge is 2.17. The average molecular weight is 272 g/mol. The molecule has 102 valence electrons. The van der Waals surface area contributed by atoms with E-state index in [0.29, 0.717) is 17.5 Å². The van der Waals surface area contributed by atoms with Gasteiger partial charge in [0.2, 0.25) is 0 Å². The smallest absolute Gasteiger partial charge is 0.345 e. The van der Waals surface area contributed by atoms with Crippen LogP contribution in [0.25, 0.3) is 0 Å². The maximum Gasteiger partial charge on any atom is 0.345 e. The van der Waals surface area contributed by atoms with Crippen LogP contribution in [0.2, 0.25) is 0 Å². The molecule has 0 aliphatic carbocycles. The molecule has 0 atom stereocenters. The Balaban J connectivity index is 2.38. The van der Waals surface area contributed by atoms with Gasteiger partial charge < -0.3 is 9.84 Å². The second kappa shape index (κ2) is 6.03. The van der Waals surface area contributed by atoms with Gasteiger partial charge in [-0.25, -0.2) is 4.79 Å². The third kappa shape index (κ3) is 2.70. The zero-order valence-corrected chi connectivity index (χ0v) is 10.7. The number of rotatable bonds is 4. The van der Waals surface area contributed by atoms with E-state index in [-0.39, 0.29) is 23.5 Å². The lowest BCUT2D eigenvalue weighted by Crippen LogP contribution is -2.12. The second-order valence-electron chi connectivity index (χ2n) is 4.02. The van der Waals surface area contributed by atoms with Gasteiger partial charge in [-0.1, -0.05) is 0 Å². The molecule has 0 aromatic carbocycles. The van der Waals surface area contributed by atoms with Crippen molar-refractivity contribution >= 4 is 12.3 Å². The predicted octanol–water partition coefficient (Wildman–Crippen LogP) is 1.31. The molecule has 2 heterocycles. The van der Waals surface area contributed by atoms with Gasteiger partial charge in [0.25, 0.3) is 0 Å². The Morgan fingerprint density at radius 1 is 1.45 bits per heavy atom. The Kier molecular flexibility index (Phi) is 4.17. The number of aldehydes is 1. The summed E-state index contributed by atoms with van der Waals surface area (Å²) in [5, 5.41) is 9.17. The van der Waals surface area contributed by atoms with E-state index in [4.69, 9.17) is 9.84 Å². The summed E-state index contributed by atoms with van der Waals surface area (Å²) >= 11 is 0. The summed E-state index contributed by atoms with van der Waals surface area (Å²) in [5.74, 6) is -0.582. The zero-order valence-electron chi connectivity index (χ0n) is 10.7. The largest absolute Gasteiger partial charge is 0.420 e. The van der Waals surface area contributed by atoms with Crippen molar-refractivity contribution in [2.75, 3.05) is 0 Å². The summed E-state index contributed by atoms with van der Waals surface area (Å²) < 4.78 is 5.21. The predicted molar refractivity (Wildman–Crippen MR) is 69.5 cm³/mol. The lowest BCUT2D eigenvalue weighted by atomic mass is 10.1. The highest BCUT2D eigenvalue weighted by molar-refractivity contribution is 5.92. The van der Waals surface area contributed by atoms with E-state index in [1.165, 1.54) is 18.6 Å². The Morgan fingerprint density at radius 2 is 2.25 bits per heavy atom. The summed E-state index contributed by atoms with van der Waals surface area (Å²) in [7, 11) is 0. The quantitative estimate of drug-likeness (QED) is 0.666. The molecule has 0 fully saturated rings. The van der Waals surface area contributed by atoms with Crippen molar-refractivity contribution in [3.8, 4) is 5.75 Å². The molecule has 2 aromatic heterocycles. The molecule has 0 radical (unpaired) electrons. The van der Waals surface area contributed by atoms with Crippen LogP contribution >= 0.6 is 0 Å². The van der Waals surface area contributed by atoms with Gasteiger partial charge >= 0.3 is 5.97 Å². The molecule has 2 rings (SSSR count). The molecule has 6 nitrogen and oxygen atoms in total. The van der Waals surface area contributed by atoms with Gasteiger partial charge in [0.1, 0.15) is 0 Å². The molecular formula is C14H12N2O4. The van der Waals surface area contributed by atoms with E-state index < -0.39 is 5.97 Å². The fraction of sp³-hybridized carbons (Fsp3) is 0.143. The minimum absolute atomic E-state index is 0.0559. The number of aliphatic hydroxyl groups is 1. The highest BCUT2D eigenvalue weighted by Crippen LogP contribution is 2.24. The first-order valence-corrected chi connectivity index (χ1v) is 5.84. The number of nitrogens with zero attached hydrogens (tertiary/aromatic N) is 2. The lowest BCUT2D eigenvalue weighted by Gasteiger charge is -2.11. The molecule has 0 bridgehead atoms. The monoisotopic (exact) mass is 272 g/mol. The molecule has 0 unspecified atom stereocenters. The van der Waals surface area contributed by atoms with Gasteiger partial charge in [-0.3, -0.25) is 14.8 Å². The van der Waals surface area contributed by atoms with Gasteiger partial charge in [-0.2, -0.15) is 0 Å². The SMILES string of the molecule is Cc1ncc(CO)c(C=O)c1OC(=O)c1cccnc1. The maximum absolute atomic E-state index is 12.0. The minimum Gasteiger partial charge on any atom is -0.420 e. The molecule has 0 aliphatic heterocycles. The van der Waals surface area contributed by atoms with Crippen molar-refractivity contribution < 1.29 is 19.4 Å². The topological polar surface area (TPSA) is 89.4 Å². The number of hydrogen-bond donors (Lipinski definition) is 1. The van der Waals surface area contributed by atoms with Crippen molar-refractivity contribution in [1.82, 2.24) is 9.97 Å². The number of carbonyl (C=O) groups is 2. The number of aromatic nitrogens is 2. The number of aliphatic hydroxyl groups excluding tert-OH is 1. The Labute approximate surface area is 115 Å². The van der Waals surface area contributed by atoms with Crippen molar-refractivity contribution in [1.29, 1.82) is 0 Å². The number of esters is 1. The fourth-order valence-corrected chi connectivity index (χ4v) is 1.66. The van der Waals surface area contributed by atoms with Gasteiger partial charge in [0.15, 0.2) is 12.0 Å². The summed E-state index contributed by atoms with van der Waals surface area (Å²) in [4.78, 5) is 30.9. The van der Waals surface area contributed by atoms with Crippen LogP contribution in [0.1, 0.15) is 32.0 Å². The molecule has 0 spiro atoms. The summed E-state index contributed by atoms with van der Waals surface area (Å²) in [6.45, 7) is 1.25. The molecule has 0 amide bonds. The van der Waals surface area contributed by atoms with Crippen LogP contribution in [0.5, 0.6) is 5.75 Å². The van der Waals surface area contributed by atoms with Crippen LogP contribution in [0.15, 0.2) is 30.7 Å². The van der Waals surface area contributed by atoms with E-state index in [0.717, 1.165) is 0 Å². The van der Waals surface area contributed by atoms with Gasteiger partial charge in [-0.15, -0.1) is 0 Å². The normalized spacial score (nSPS) is 10.1. The molecule has 20 heavy (non-hydrogen) atoms. The van der Waals surface area contributed by atoms with Crippen LogP contribution in [0.3, 0.4) is 0 Å². The zero-order chi connectivity index (χ0) is 14.5. The summed E-state index contributed by atoms with van der Waals surface area (Å²) in [6.07, 6.45) is 4.81. The van der Waals surface area contributed by atoms with E-state index in [1.807, 2.05) is 0 Å². The molecule has 0 aliphatic rings.